The summed E-state index contributed by atoms with van der Waals surface area (Å²) in [6, 6.07) is 1.66. The molecule has 0 radical (unpaired) electrons. The second-order valence-corrected chi connectivity index (χ2v) is 3.87. The van der Waals surface area contributed by atoms with Crippen molar-refractivity contribution >= 4 is 0 Å². The Bertz CT molecular complexity index is 410. The number of methoxy groups -OCH3 is 3. The fraction of sp³-hybridized carbons (Fsp3) is 0.500. The third-order valence-corrected chi connectivity index (χ3v) is 2.58. The van der Waals surface area contributed by atoms with Gasteiger partial charge in [0.15, 0.2) is 0 Å². The number of ether oxygens (including phenoxy) is 3. The molecule has 0 fully saturated rings. The maximum absolute atomic E-state index is 12.4. The van der Waals surface area contributed by atoms with Crippen LogP contribution in [0.2, 0.25) is 0 Å². The molecule has 108 valence electrons. The van der Waals surface area contributed by atoms with E-state index < -0.39 is 18.6 Å². The fourth-order valence-corrected chi connectivity index (χ4v) is 1.75. The molecule has 0 aliphatic rings. The van der Waals surface area contributed by atoms with E-state index in [2.05, 4.69) is 0 Å². The number of nitrogens with two attached hydrogens (primary N) is 1. The molecular formula is C12H16F3NO3. The summed E-state index contributed by atoms with van der Waals surface area (Å²) in [6.45, 7) is 0. The largest absolute Gasteiger partial charge is 0.496 e. The highest BCUT2D eigenvalue weighted by Crippen LogP contribution is 2.40. The van der Waals surface area contributed by atoms with Crippen molar-refractivity contribution < 1.29 is 27.4 Å². The van der Waals surface area contributed by atoms with Crippen LogP contribution in [-0.4, -0.2) is 27.5 Å². The second-order valence-electron chi connectivity index (χ2n) is 3.87. The molecule has 0 aliphatic heterocycles. The van der Waals surface area contributed by atoms with Gasteiger partial charge in [0.25, 0.3) is 0 Å². The predicted octanol–water partition coefficient (Wildman–Crippen LogP) is 2.66. The van der Waals surface area contributed by atoms with Crippen molar-refractivity contribution in [1.82, 2.24) is 0 Å². The van der Waals surface area contributed by atoms with Crippen LogP contribution in [-0.2, 0) is 0 Å². The van der Waals surface area contributed by atoms with Crippen molar-refractivity contribution in [3.63, 3.8) is 0 Å². The lowest BCUT2D eigenvalue weighted by Crippen LogP contribution is -2.21. The zero-order chi connectivity index (χ0) is 14.6. The molecule has 4 nitrogen and oxygen atoms in total. The van der Waals surface area contributed by atoms with E-state index in [1.54, 1.807) is 0 Å². The topological polar surface area (TPSA) is 53.7 Å². The van der Waals surface area contributed by atoms with Crippen LogP contribution in [0.4, 0.5) is 13.2 Å². The summed E-state index contributed by atoms with van der Waals surface area (Å²) in [7, 11) is 4.12. The number of alkyl halides is 3. The molecule has 0 aliphatic carbocycles. The van der Waals surface area contributed by atoms with Gasteiger partial charge < -0.3 is 19.9 Å². The van der Waals surface area contributed by atoms with E-state index in [1.807, 2.05) is 0 Å². The monoisotopic (exact) mass is 279 g/mol. The molecule has 0 saturated heterocycles. The summed E-state index contributed by atoms with van der Waals surface area (Å²) in [6.07, 6.45) is -5.53. The minimum absolute atomic E-state index is 0.170. The van der Waals surface area contributed by atoms with E-state index in [0.29, 0.717) is 5.75 Å². The average molecular weight is 279 g/mol. The molecule has 1 rings (SSSR count). The Morgan fingerprint density at radius 2 is 1.53 bits per heavy atom. The molecule has 0 spiro atoms. The van der Waals surface area contributed by atoms with E-state index in [1.165, 1.54) is 33.5 Å². The van der Waals surface area contributed by atoms with Crippen LogP contribution >= 0.6 is 0 Å². The van der Waals surface area contributed by atoms with Crippen molar-refractivity contribution in [2.45, 2.75) is 18.6 Å². The number of halogens is 3. The first-order valence-corrected chi connectivity index (χ1v) is 5.44. The Morgan fingerprint density at radius 1 is 1.05 bits per heavy atom. The number of rotatable bonds is 5. The fourth-order valence-electron chi connectivity index (χ4n) is 1.75. The molecule has 0 amide bonds. The van der Waals surface area contributed by atoms with Crippen molar-refractivity contribution in [2.75, 3.05) is 21.3 Å². The highest BCUT2D eigenvalue weighted by atomic mass is 19.4. The zero-order valence-corrected chi connectivity index (χ0v) is 10.9. The Kier molecular flexibility index (Phi) is 4.88. The second kappa shape index (κ2) is 6.01. The molecule has 1 aromatic carbocycles. The SMILES string of the molecule is COc1cc(OC)c([C@H](N)CC(F)(F)F)c(OC)c1. The van der Waals surface area contributed by atoms with Gasteiger partial charge in [-0.3, -0.25) is 0 Å². The van der Waals surface area contributed by atoms with E-state index in [4.69, 9.17) is 19.9 Å². The zero-order valence-electron chi connectivity index (χ0n) is 10.9. The number of hydrogen-bond acceptors (Lipinski definition) is 4. The van der Waals surface area contributed by atoms with Gasteiger partial charge in [0.1, 0.15) is 17.2 Å². The molecule has 0 bridgehead atoms. The Balaban J connectivity index is 3.23. The van der Waals surface area contributed by atoms with Gasteiger partial charge in [-0.1, -0.05) is 0 Å². The van der Waals surface area contributed by atoms with Crippen LogP contribution in [0.1, 0.15) is 18.0 Å². The average Bonchev–Trinajstić information content (AvgIpc) is 2.34. The van der Waals surface area contributed by atoms with Crippen LogP contribution in [0.15, 0.2) is 12.1 Å². The van der Waals surface area contributed by atoms with Crippen LogP contribution in [0.5, 0.6) is 17.2 Å². The van der Waals surface area contributed by atoms with Gasteiger partial charge in [-0.05, 0) is 0 Å². The van der Waals surface area contributed by atoms with Gasteiger partial charge in [0, 0.05) is 18.2 Å². The summed E-state index contributed by atoms with van der Waals surface area (Å²) in [5.41, 5.74) is 5.77. The lowest BCUT2D eigenvalue weighted by molar-refractivity contribution is -0.138. The van der Waals surface area contributed by atoms with Crippen LogP contribution < -0.4 is 19.9 Å². The summed E-state index contributed by atoms with van der Waals surface area (Å²) in [4.78, 5) is 0. The lowest BCUT2D eigenvalue weighted by Gasteiger charge is -2.20. The first-order valence-electron chi connectivity index (χ1n) is 5.44. The van der Waals surface area contributed by atoms with E-state index in [9.17, 15) is 13.2 Å². The van der Waals surface area contributed by atoms with Crippen LogP contribution in [0.3, 0.4) is 0 Å². The molecule has 0 aromatic heterocycles. The molecule has 1 aromatic rings. The van der Waals surface area contributed by atoms with E-state index in [-0.39, 0.29) is 17.1 Å². The van der Waals surface area contributed by atoms with E-state index >= 15 is 0 Å². The Morgan fingerprint density at radius 3 is 1.84 bits per heavy atom. The normalized spacial score (nSPS) is 13.0. The third kappa shape index (κ3) is 3.92. The molecule has 2 N–H and O–H groups in total. The highest BCUT2D eigenvalue weighted by molar-refractivity contribution is 5.52. The Labute approximate surface area is 109 Å². The number of hydrogen-bond donors (Lipinski definition) is 1. The van der Waals surface area contributed by atoms with Gasteiger partial charge >= 0.3 is 6.18 Å². The summed E-state index contributed by atoms with van der Waals surface area (Å²) in [5.74, 6) is 0.817. The van der Waals surface area contributed by atoms with Crippen LogP contribution in [0.25, 0.3) is 0 Å². The summed E-state index contributed by atoms with van der Waals surface area (Å²) in [5, 5.41) is 0. The standard InChI is InChI=1S/C12H16F3NO3/c1-17-7-4-9(18-2)11(10(5-7)19-3)8(16)6-12(13,14)15/h4-5,8H,6,16H2,1-3H3/t8-/m1/s1. The van der Waals surface area contributed by atoms with Crippen molar-refractivity contribution in [3.05, 3.63) is 17.7 Å². The smallest absolute Gasteiger partial charge is 0.390 e. The maximum atomic E-state index is 12.4. The maximum Gasteiger partial charge on any atom is 0.390 e. The Hall–Kier alpha value is -1.63. The third-order valence-electron chi connectivity index (χ3n) is 2.58. The molecule has 0 saturated carbocycles. The van der Waals surface area contributed by atoms with Crippen molar-refractivity contribution in [1.29, 1.82) is 0 Å². The van der Waals surface area contributed by atoms with Crippen molar-refractivity contribution in [3.8, 4) is 17.2 Å². The molecule has 0 heterocycles. The van der Waals surface area contributed by atoms with Crippen LogP contribution in [0, 0.1) is 0 Å². The molecule has 1 atom stereocenters. The molecule has 0 unspecified atom stereocenters. The number of benzene rings is 1. The summed E-state index contributed by atoms with van der Waals surface area (Å²) >= 11 is 0. The van der Waals surface area contributed by atoms with Gasteiger partial charge in [-0.25, -0.2) is 0 Å². The minimum atomic E-state index is -4.37. The molecule has 7 heteroatoms. The first kappa shape index (κ1) is 15.4. The molecule has 19 heavy (non-hydrogen) atoms. The first-order chi connectivity index (χ1) is 8.82. The van der Waals surface area contributed by atoms with E-state index in [0.717, 1.165) is 0 Å². The molecular weight excluding hydrogens is 263 g/mol. The minimum Gasteiger partial charge on any atom is -0.496 e. The summed E-state index contributed by atoms with van der Waals surface area (Å²) < 4.78 is 52.4. The predicted molar refractivity (Wildman–Crippen MR) is 63.7 cm³/mol. The van der Waals surface area contributed by atoms with Crippen molar-refractivity contribution in [2.24, 2.45) is 5.73 Å². The van der Waals surface area contributed by atoms with Gasteiger partial charge in [0.2, 0.25) is 0 Å². The lowest BCUT2D eigenvalue weighted by atomic mass is 10.0. The highest BCUT2D eigenvalue weighted by Gasteiger charge is 2.33. The van der Waals surface area contributed by atoms with Gasteiger partial charge in [-0.2, -0.15) is 13.2 Å². The quantitative estimate of drug-likeness (QED) is 0.900. The van der Waals surface area contributed by atoms with Gasteiger partial charge in [0.05, 0.1) is 33.3 Å². The van der Waals surface area contributed by atoms with Gasteiger partial charge in [-0.15, -0.1) is 0 Å².